The molecule has 0 aliphatic carbocycles. The molecule has 0 aromatic heterocycles. The molecule has 0 spiro atoms. The third-order valence-electron chi connectivity index (χ3n) is 3.58. The average Bonchev–Trinajstić information content (AvgIpc) is 2.65. The van der Waals surface area contributed by atoms with Crippen LogP contribution in [-0.2, 0) is 17.7 Å². The van der Waals surface area contributed by atoms with Gasteiger partial charge in [0.05, 0.1) is 9.79 Å². The molecule has 142 valence electrons. The van der Waals surface area contributed by atoms with Crippen molar-refractivity contribution in [2.75, 3.05) is 11.5 Å². The van der Waals surface area contributed by atoms with E-state index in [-0.39, 0.29) is 0 Å². The minimum absolute atomic E-state index is 0.340. The van der Waals surface area contributed by atoms with E-state index in [1.54, 1.807) is 60.7 Å². The molecule has 2 aromatic rings. The standard InChI is InChI=1S/C18H22O4S4/c19-25(20,17-11-5-3-6-12-17)23-15-9-1-2-10-16-24-26(21,22)18-13-7-4-8-14-18/h3-8,11-14H,1-2,9-10,15-16H2. The Balaban J connectivity index is 1.60. The normalized spacial score (nSPS) is 12.2. The molecule has 0 unspecified atom stereocenters. The topological polar surface area (TPSA) is 68.3 Å². The Kier molecular flexibility index (Phi) is 8.53. The van der Waals surface area contributed by atoms with Crippen molar-refractivity contribution in [2.24, 2.45) is 0 Å². The van der Waals surface area contributed by atoms with Crippen LogP contribution in [0, 0.1) is 0 Å². The minimum atomic E-state index is -3.27. The molecule has 0 amide bonds. The molecule has 0 fully saturated rings. The molecule has 0 saturated heterocycles. The molecule has 0 aliphatic rings. The Hall–Kier alpha value is -0.960. The summed E-state index contributed by atoms with van der Waals surface area (Å²) in [5.74, 6) is 1.10. The van der Waals surface area contributed by atoms with E-state index >= 15 is 0 Å². The van der Waals surface area contributed by atoms with Gasteiger partial charge in [0, 0.05) is 11.5 Å². The second-order valence-electron chi connectivity index (χ2n) is 5.59. The molecular weight excluding hydrogens is 408 g/mol. The Morgan fingerprint density at radius 2 is 0.885 bits per heavy atom. The maximum atomic E-state index is 12.1. The van der Waals surface area contributed by atoms with E-state index in [0.29, 0.717) is 21.3 Å². The van der Waals surface area contributed by atoms with Crippen LogP contribution in [0.2, 0.25) is 0 Å². The van der Waals surface area contributed by atoms with Crippen LogP contribution in [0.15, 0.2) is 70.5 Å². The van der Waals surface area contributed by atoms with E-state index in [0.717, 1.165) is 47.3 Å². The van der Waals surface area contributed by atoms with Crippen LogP contribution >= 0.6 is 21.6 Å². The fourth-order valence-electron chi connectivity index (χ4n) is 2.21. The summed E-state index contributed by atoms with van der Waals surface area (Å²) < 4.78 is 48.4. The number of benzene rings is 2. The van der Waals surface area contributed by atoms with Crippen molar-refractivity contribution in [3.8, 4) is 0 Å². The molecule has 0 heterocycles. The first-order valence-electron chi connectivity index (χ1n) is 8.31. The fraction of sp³-hybridized carbons (Fsp3) is 0.333. The molecule has 2 aromatic carbocycles. The van der Waals surface area contributed by atoms with E-state index in [9.17, 15) is 16.8 Å². The zero-order valence-electron chi connectivity index (χ0n) is 14.3. The van der Waals surface area contributed by atoms with Crippen LogP contribution in [0.4, 0.5) is 0 Å². The van der Waals surface area contributed by atoms with E-state index in [1.807, 2.05) is 0 Å². The van der Waals surface area contributed by atoms with Crippen molar-refractivity contribution in [2.45, 2.75) is 35.5 Å². The van der Waals surface area contributed by atoms with Gasteiger partial charge in [-0.25, -0.2) is 16.8 Å². The van der Waals surface area contributed by atoms with Gasteiger partial charge in [0.2, 0.25) is 17.7 Å². The second-order valence-corrected chi connectivity index (χ2v) is 13.7. The number of rotatable bonds is 11. The van der Waals surface area contributed by atoms with Crippen molar-refractivity contribution in [3.05, 3.63) is 60.7 Å². The first-order chi connectivity index (χ1) is 12.4. The molecule has 2 rings (SSSR count). The lowest BCUT2D eigenvalue weighted by atomic mass is 10.2. The van der Waals surface area contributed by atoms with Crippen molar-refractivity contribution in [1.29, 1.82) is 0 Å². The fourth-order valence-corrected chi connectivity index (χ4v) is 8.05. The van der Waals surface area contributed by atoms with Gasteiger partial charge in [-0.05, 0) is 58.7 Å². The van der Waals surface area contributed by atoms with Crippen LogP contribution in [-0.4, -0.2) is 28.3 Å². The van der Waals surface area contributed by atoms with Gasteiger partial charge in [0.15, 0.2) is 0 Å². The number of hydrogen-bond acceptors (Lipinski definition) is 6. The lowest BCUT2D eigenvalue weighted by Crippen LogP contribution is -1.97. The van der Waals surface area contributed by atoms with Gasteiger partial charge in [0.25, 0.3) is 0 Å². The summed E-state index contributed by atoms with van der Waals surface area (Å²) >= 11 is 0. The van der Waals surface area contributed by atoms with Crippen molar-refractivity contribution in [1.82, 2.24) is 0 Å². The van der Waals surface area contributed by atoms with Crippen molar-refractivity contribution < 1.29 is 16.8 Å². The Bertz CT molecular complexity index is 788. The second kappa shape index (κ2) is 10.4. The van der Waals surface area contributed by atoms with Crippen molar-refractivity contribution in [3.63, 3.8) is 0 Å². The minimum Gasteiger partial charge on any atom is -0.212 e. The average molecular weight is 431 g/mol. The SMILES string of the molecule is O=S(=O)(SCCCCCCSS(=O)(=O)c1ccccc1)c1ccccc1. The molecule has 0 radical (unpaired) electrons. The molecule has 8 heteroatoms. The third kappa shape index (κ3) is 6.98. The first-order valence-corrected chi connectivity index (χ1v) is 14.3. The third-order valence-corrected chi connectivity index (χ3v) is 10.8. The summed E-state index contributed by atoms with van der Waals surface area (Å²) in [7, 11) is -4.61. The largest absolute Gasteiger partial charge is 0.229 e. The number of unbranched alkanes of at least 4 members (excludes halogenated alkanes) is 3. The molecule has 0 bridgehead atoms. The van der Waals surface area contributed by atoms with Crippen LogP contribution in [0.25, 0.3) is 0 Å². The van der Waals surface area contributed by atoms with Gasteiger partial charge in [-0.15, -0.1) is 0 Å². The molecule has 26 heavy (non-hydrogen) atoms. The lowest BCUT2D eigenvalue weighted by Gasteiger charge is -2.05. The lowest BCUT2D eigenvalue weighted by molar-refractivity contribution is 0.608. The Morgan fingerprint density at radius 3 is 1.23 bits per heavy atom. The van der Waals surface area contributed by atoms with Gasteiger partial charge >= 0.3 is 0 Å². The van der Waals surface area contributed by atoms with Crippen LogP contribution in [0.1, 0.15) is 25.7 Å². The van der Waals surface area contributed by atoms with Gasteiger partial charge in [0.1, 0.15) is 0 Å². The smallest absolute Gasteiger partial charge is 0.212 e. The maximum absolute atomic E-state index is 12.1. The van der Waals surface area contributed by atoms with E-state index < -0.39 is 17.7 Å². The monoisotopic (exact) mass is 430 g/mol. The van der Waals surface area contributed by atoms with Gasteiger partial charge < -0.3 is 0 Å². The van der Waals surface area contributed by atoms with Crippen LogP contribution in [0.5, 0.6) is 0 Å². The molecule has 0 saturated carbocycles. The van der Waals surface area contributed by atoms with Crippen LogP contribution < -0.4 is 0 Å². The predicted molar refractivity (Wildman–Crippen MR) is 111 cm³/mol. The molecule has 4 nitrogen and oxygen atoms in total. The molecule has 0 atom stereocenters. The Labute approximate surface area is 163 Å². The summed E-state index contributed by atoms with van der Waals surface area (Å²) in [6.07, 6.45) is 3.38. The van der Waals surface area contributed by atoms with Crippen LogP contribution in [0.3, 0.4) is 0 Å². The zero-order valence-corrected chi connectivity index (χ0v) is 17.5. The van der Waals surface area contributed by atoms with E-state index in [4.69, 9.17) is 0 Å². The Morgan fingerprint density at radius 1 is 0.538 bits per heavy atom. The predicted octanol–water partition coefficient (Wildman–Crippen LogP) is 4.79. The van der Waals surface area contributed by atoms with Crippen molar-refractivity contribution >= 4 is 39.3 Å². The molecular formula is C18H22O4S4. The highest BCUT2D eigenvalue weighted by atomic mass is 33.1. The first kappa shape index (κ1) is 21.3. The summed E-state index contributed by atoms with van der Waals surface area (Å²) in [5, 5.41) is 0. The summed E-state index contributed by atoms with van der Waals surface area (Å²) in [6.45, 7) is 0. The summed E-state index contributed by atoms with van der Waals surface area (Å²) in [5.41, 5.74) is 0. The van der Waals surface area contributed by atoms with E-state index in [2.05, 4.69) is 0 Å². The highest BCUT2D eigenvalue weighted by molar-refractivity contribution is 8.72. The van der Waals surface area contributed by atoms with Gasteiger partial charge in [-0.3, -0.25) is 0 Å². The summed E-state index contributed by atoms with van der Waals surface area (Å²) in [6, 6.07) is 16.9. The maximum Gasteiger partial charge on any atom is 0.229 e. The molecule has 0 N–H and O–H groups in total. The molecule has 0 aliphatic heterocycles. The van der Waals surface area contributed by atoms with Gasteiger partial charge in [-0.2, -0.15) is 0 Å². The highest BCUT2D eigenvalue weighted by Gasteiger charge is 2.15. The summed E-state index contributed by atoms with van der Waals surface area (Å²) in [4.78, 5) is 0.681. The highest BCUT2D eigenvalue weighted by Crippen LogP contribution is 2.26. The number of hydrogen-bond donors (Lipinski definition) is 0. The van der Waals surface area contributed by atoms with Gasteiger partial charge in [-0.1, -0.05) is 49.2 Å². The zero-order chi connectivity index (χ0) is 18.9. The quantitative estimate of drug-likeness (QED) is 0.377. The van der Waals surface area contributed by atoms with E-state index in [1.165, 1.54) is 0 Å².